The third-order valence-electron chi connectivity index (χ3n) is 3.26. The van der Waals surface area contributed by atoms with Gasteiger partial charge < -0.3 is 11.1 Å². The van der Waals surface area contributed by atoms with E-state index >= 15 is 0 Å². The molecule has 23 heavy (non-hydrogen) atoms. The van der Waals surface area contributed by atoms with Gasteiger partial charge in [0, 0.05) is 17.1 Å². The Kier molecular flexibility index (Phi) is 3.59. The highest BCUT2D eigenvalue weighted by atomic mass is 35.5. The number of hydrogen-bond acceptors (Lipinski definition) is 5. The standard InChI is InChI=1S/C14H10ClN5O3/c15-10-5-11(16)13(20(22)23)4-9(10)14(21)18-8-1-2-12-7(3-8)6-17-19-12/h1-6H,16H2,(H,17,19)(H,18,21). The van der Waals surface area contributed by atoms with Crippen molar-refractivity contribution in [3.05, 3.63) is 57.2 Å². The minimum Gasteiger partial charge on any atom is -0.393 e. The van der Waals surface area contributed by atoms with Crippen molar-refractivity contribution in [2.45, 2.75) is 0 Å². The van der Waals surface area contributed by atoms with Gasteiger partial charge in [0.25, 0.3) is 11.6 Å². The molecular formula is C14H10ClN5O3. The Morgan fingerprint density at radius 2 is 2.13 bits per heavy atom. The van der Waals surface area contributed by atoms with Gasteiger partial charge in [0.2, 0.25) is 0 Å². The van der Waals surface area contributed by atoms with Crippen LogP contribution in [0.1, 0.15) is 10.4 Å². The van der Waals surface area contributed by atoms with Crippen molar-refractivity contribution in [2.24, 2.45) is 0 Å². The number of nitrogen functional groups attached to an aromatic ring is 1. The fourth-order valence-corrected chi connectivity index (χ4v) is 2.39. The Morgan fingerprint density at radius 1 is 1.35 bits per heavy atom. The van der Waals surface area contributed by atoms with Gasteiger partial charge in [-0.2, -0.15) is 5.10 Å². The van der Waals surface area contributed by atoms with Gasteiger partial charge in [-0.3, -0.25) is 20.0 Å². The van der Waals surface area contributed by atoms with Crippen molar-refractivity contribution in [3.63, 3.8) is 0 Å². The number of anilines is 2. The Labute approximate surface area is 134 Å². The number of hydrogen-bond donors (Lipinski definition) is 3. The molecule has 1 aromatic heterocycles. The van der Waals surface area contributed by atoms with Crippen molar-refractivity contribution in [1.82, 2.24) is 10.2 Å². The Balaban J connectivity index is 1.93. The Hall–Kier alpha value is -3.13. The van der Waals surface area contributed by atoms with Gasteiger partial charge in [0.1, 0.15) is 5.69 Å². The second kappa shape index (κ2) is 5.58. The largest absolute Gasteiger partial charge is 0.393 e. The molecule has 0 saturated carbocycles. The minimum atomic E-state index is -0.667. The normalized spacial score (nSPS) is 10.7. The first kappa shape index (κ1) is 14.8. The Bertz CT molecular complexity index is 937. The molecule has 116 valence electrons. The molecule has 2 aromatic carbocycles. The van der Waals surface area contributed by atoms with Crippen molar-refractivity contribution < 1.29 is 9.72 Å². The van der Waals surface area contributed by atoms with Gasteiger partial charge in [0.05, 0.1) is 27.2 Å². The number of carbonyl (C=O) groups excluding carboxylic acids is 1. The maximum absolute atomic E-state index is 12.3. The SMILES string of the molecule is Nc1cc(Cl)c(C(=O)Nc2ccc3[nH]ncc3c2)cc1[N+](=O)[O-]. The fourth-order valence-electron chi connectivity index (χ4n) is 2.13. The monoisotopic (exact) mass is 331 g/mol. The van der Waals surface area contributed by atoms with E-state index in [0.717, 1.165) is 17.0 Å². The van der Waals surface area contributed by atoms with Crippen LogP contribution in [0.3, 0.4) is 0 Å². The lowest BCUT2D eigenvalue weighted by Gasteiger charge is -2.08. The molecule has 1 amide bonds. The number of nitrogens with one attached hydrogen (secondary N) is 2. The zero-order chi connectivity index (χ0) is 16.6. The second-order valence-electron chi connectivity index (χ2n) is 4.77. The fraction of sp³-hybridized carbons (Fsp3) is 0. The number of nitro groups is 1. The third kappa shape index (κ3) is 2.79. The highest BCUT2D eigenvalue weighted by molar-refractivity contribution is 6.35. The molecule has 0 saturated heterocycles. The number of benzene rings is 2. The summed E-state index contributed by atoms with van der Waals surface area (Å²) in [6, 6.07) is 7.40. The van der Waals surface area contributed by atoms with Gasteiger partial charge >= 0.3 is 0 Å². The molecule has 1 heterocycles. The first-order valence-corrected chi connectivity index (χ1v) is 6.81. The van der Waals surface area contributed by atoms with Crippen LogP contribution in [0, 0.1) is 10.1 Å². The number of nitrogens with zero attached hydrogens (tertiary/aromatic N) is 2. The number of aromatic nitrogens is 2. The lowest BCUT2D eigenvalue weighted by Crippen LogP contribution is -2.13. The van der Waals surface area contributed by atoms with E-state index in [1.165, 1.54) is 6.07 Å². The first-order valence-electron chi connectivity index (χ1n) is 6.43. The summed E-state index contributed by atoms with van der Waals surface area (Å²) in [5.74, 6) is -0.569. The summed E-state index contributed by atoms with van der Waals surface area (Å²) in [4.78, 5) is 22.6. The minimum absolute atomic E-state index is 0.0279. The van der Waals surface area contributed by atoms with Gasteiger partial charge in [0.15, 0.2) is 0 Å². The van der Waals surface area contributed by atoms with Crippen molar-refractivity contribution >= 4 is 45.5 Å². The average molecular weight is 332 g/mol. The molecule has 3 aromatic rings. The summed E-state index contributed by atoms with van der Waals surface area (Å²) in [5.41, 5.74) is 6.36. The zero-order valence-corrected chi connectivity index (χ0v) is 12.3. The van der Waals surface area contributed by atoms with E-state index < -0.39 is 10.8 Å². The van der Waals surface area contributed by atoms with Crippen molar-refractivity contribution in [1.29, 1.82) is 0 Å². The number of aromatic amines is 1. The number of halogens is 1. The van der Waals surface area contributed by atoms with Crippen LogP contribution in [0.15, 0.2) is 36.5 Å². The van der Waals surface area contributed by atoms with E-state index in [9.17, 15) is 14.9 Å². The van der Waals surface area contributed by atoms with E-state index in [1.807, 2.05) is 0 Å². The van der Waals surface area contributed by atoms with E-state index in [4.69, 9.17) is 17.3 Å². The summed E-state index contributed by atoms with van der Waals surface area (Å²) in [6.45, 7) is 0. The van der Waals surface area contributed by atoms with Gasteiger partial charge in [-0.1, -0.05) is 11.6 Å². The van der Waals surface area contributed by atoms with E-state index in [2.05, 4.69) is 15.5 Å². The third-order valence-corrected chi connectivity index (χ3v) is 3.57. The van der Waals surface area contributed by atoms with Crippen LogP contribution in [-0.4, -0.2) is 21.0 Å². The second-order valence-corrected chi connectivity index (χ2v) is 5.18. The molecule has 0 aliphatic rings. The van der Waals surface area contributed by atoms with E-state index in [-0.39, 0.29) is 22.0 Å². The topological polar surface area (TPSA) is 127 Å². The number of nitro benzene ring substituents is 1. The molecule has 4 N–H and O–H groups in total. The number of rotatable bonds is 3. The number of carbonyl (C=O) groups is 1. The quantitative estimate of drug-likeness (QED) is 0.386. The van der Waals surface area contributed by atoms with Crippen LogP contribution in [-0.2, 0) is 0 Å². The lowest BCUT2D eigenvalue weighted by molar-refractivity contribution is -0.383. The first-order chi connectivity index (χ1) is 11.0. The van der Waals surface area contributed by atoms with Crippen molar-refractivity contribution in [3.8, 4) is 0 Å². The maximum Gasteiger partial charge on any atom is 0.293 e. The van der Waals surface area contributed by atoms with Crippen molar-refractivity contribution in [2.75, 3.05) is 11.1 Å². The van der Waals surface area contributed by atoms with Crippen LogP contribution >= 0.6 is 11.6 Å². The summed E-state index contributed by atoms with van der Waals surface area (Å²) < 4.78 is 0. The molecule has 3 rings (SSSR count). The predicted octanol–water partition coefficient (Wildman–Crippen LogP) is 2.96. The number of fused-ring (bicyclic) bond motifs is 1. The van der Waals surface area contributed by atoms with E-state index in [1.54, 1.807) is 24.4 Å². The predicted molar refractivity (Wildman–Crippen MR) is 86.6 cm³/mol. The lowest BCUT2D eigenvalue weighted by atomic mass is 10.1. The van der Waals surface area contributed by atoms with Gasteiger partial charge in [-0.05, 0) is 24.3 Å². The summed E-state index contributed by atoms with van der Waals surface area (Å²) >= 11 is 5.97. The molecule has 0 aliphatic carbocycles. The van der Waals surface area contributed by atoms with Gasteiger partial charge in [-0.25, -0.2) is 0 Å². The van der Waals surface area contributed by atoms with Crippen LogP contribution in [0.5, 0.6) is 0 Å². The molecule has 9 heteroatoms. The van der Waals surface area contributed by atoms with Crippen LogP contribution in [0.2, 0.25) is 5.02 Å². The highest BCUT2D eigenvalue weighted by Gasteiger charge is 2.19. The molecule has 0 spiro atoms. The highest BCUT2D eigenvalue weighted by Crippen LogP contribution is 2.29. The summed E-state index contributed by atoms with van der Waals surface area (Å²) in [6.07, 6.45) is 1.62. The summed E-state index contributed by atoms with van der Waals surface area (Å²) in [7, 11) is 0. The molecular weight excluding hydrogens is 322 g/mol. The molecule has 0 unspecified atom stereocenters. The zero-order valence-electron chi connectivity index (χ0n) is 11.5. The van der Waals surface area contributed by atoms with E-state index in [0.29, 0.717) is 5.69 Å². The molecule has 0 radical (unpaired) electrons. The molecule has 0 bridgehead atoms. The number of H-pyrrole nitrogens is 1. The number of amides is 1. The van der Waals surface area contributed by atoms with Crippen LogP contribution in [0.4, 0.5) is 17.1 Å². The smallest absolute Gasteiger partial charge is 0.293 e. The maximum atomic E-state index is 12.3. The van der Waals surface area contributed by atoms with Crippen LogP contribution < -0.4 is 11.1 Å². The summed E-state index contributed by atoms with van der Waals surface area (Å²) in [5, 5.41) is 21.1. The Morgan fingerprint density at radius 3 is 2.87 bits per heavy atom. The number of nitrogens with two attached hydrogens (primary N) is 1. The molecule has 0 fully saturated rings. The molecule has 0 atom stereocenters. The molecule has 0 aliphatic heterocycles. The average Bonchev–Trinajstić information content (AvgIpc) is 2.94. The van der Waals surface area contributed by atoms with Gasteiger partial charge in [-0.15, -0.1) is 0 Å². The van der Waals surface area contributed by atoms with Crippen LogP contribution in [0.25, 0.3) is 10.9 Å². The molecule has 8 nitrogen and oxygen atoms in total.